The number of nitrogens with zero attached hydrogens (tertiary/aromatic N) is 3. The maximum atomic E-state index is 13.0. The Morgan fingerprint density at radius 3 is 2.43 bits per heavy atom. The third-order valence-electron chi connectivity index (χ3n) is 8.74. The zero-order chi connectivity index (χ0) is 24.3. The Morgan fingerprint density at radius 1 is 1.06 bits per heavy atom. The number of ether oxygens (including phenoxy) is 2. The molecule has 0 atom stereocenters. The molecule has 4 aliphatic rings. The molecule has 0 bridgehead atoms. The number of piperidine rings is 1. The van der Waals surface area contributed by atoms with E-state index in [1.54, 1.807) is 6.07 Å². The SMILES string of the molecule is CN(CC1CCOCC1)C1CCC(NS(=O)(=O)c2ccc(N3CCC4(CCCO4)CC3)nc2)CC1. The molecule has 1 N–H and O–H groups in total. The molecule has 196 valence electrons. The standard InChI is InChI=1S/C26H42N4O4S/c1-29(20-21-9-17-33-18-10-21)23-5-3-22(4-6-23)28-35(31,32)24-7-8-25(27-19-24)30-14-12-26(13-15-30)11-2-16-34-26/h7-8,19,21-23,28H,2-6,9-18,20H2,1H3. The van der Waals surface area contributed by atoms with Gasteiger partial charge in [0.25, 0.3) is 0 Å². The fourth-order valence-corrected chi connectivity index (χ4v) is 7.67. The largest absolute Gasteiger partial charge is 0.381 e. The molecule has 0 unspecified atom stereocenters. The van der Waals surface area contributed by atoms with Crippen LogP contribution >= 0.6 is 0 Å². The highest BCUT2D eigenvalue weighted by Gasteiger charge is 2.38. The van der Waals surface area contributed by atoms with Crippen molar-refractivity contribution in [3.8, 4) is 0 Å². The van der Waals surface area contributed by atoms with Crippen molar-refractivity contribution < 1.29 is 17.9 Å². The fourth-order valence-electron chi connectivity index (χ4n) is 6.42. The van der Waals surface area contributed by atoms with Gasteiger partial charge in [-0.15, -0.1) is 0 Å². The number of rotatable bonds is 7. The van der Waals surface area contributed by atoms with Crippen LogP contribution < -0.4 is 9.62 Å². The van der Waals surface area contributed by atoms with Crippen molar-refractivity contribution in [1.82, 2.24) is 14.6 Å². The van der Waals surface area contributed by atoms with Gasteiger partial charge in [-0.3, -0.25) is 0 Å². The molecule has 9 heteroatoms. The van der Waals surface area contributed by atoms with E-state index < -0.39 is 10.0 Å². The molecule has 1 spiro atoms. The Morgan fingerprint density at radius 2 is 1.80 bits per heavy atom. The van der Waals surface area contributed by atoms with Crippen molar-refractivity contribution >= 4 is 15.8 Å². The summed E-state index contributed by atoms with van der Waals surface area (Å²) in [5.74, 6) is 1.58. The van der Waals surface area contributed by atoms with Crippen molar-refractivity contribution in [1.29, 1.82) is 0 Å². The fraction of sp³-hybridized carbons (Fsp3) is 0.808. The van der Waals surface area contributed by atoms with Gasteiger partial charge in [0.1, 0.15) is 10.7 Å². The van der Waals surface area contributed by atoms with Crippen LogP contribution in [-0.2, 0) is 19.5 Å². The summed E-state index contributed by atoms with van der Waals surface area (Å²) < 4.78 is 40.5. The highest BCUT2D eigenvalue weighted by atomic mass is 32.2. The number of pyridine rings is 1. The highest BCUT2D eigenvalue weighted by molar-refractivity contribution is 7.89. The number of sulfonamides is 1. The summed E-state index contributed by atoms with van der Waals surface area (Å²) in [5, 5.41) is 0. The summed E-state index contributed by atoms with van der Waals surface area (Å²) in [5.41, 5.74) is 0.0718. The van der Waals surface area contributed by atoms with Gasteiger partial charge >= 0.3 is 0 Å². The van der Waals surface area contributed by atoms with Gasteiger partial charge in [0.05, 0.1) is 5.60 Å². The Hall–Kier alpha value is -1.26. The number of hydrogen-bond donors (Lipinski definition) is 1. The summed E-state index contributed by atoms with van der Waals surface area (Å²) in [6.07, 6.45) is 12.0. The predicted molar refractivity (Wildman–Crippen MR) is 136 cm³/mol. The Labute approximate surface area is 210 Å². The molecule has 0 radical (unpaired) electrons. The second kappa shape index (κ2) is 11.0. The second-order valence-electron chi connectivity index (χ2n) is 11.1. The lowest BCUT2D eigenvalue weighted by Gasteiger charge is -2.39. The van der Waals surface area contributed by atoms with Crippen LogP contribution in [0.2, 0.25) is 0 Å². The van der Waals surface area contributed by atoms with Crippen molar-refractivity contribution in [2.24, 2.45) is 5.92 Å². The molecule has 1 aromatic rings. The molecule has 35 heavy (non-hydrogen) atoms. The monoisotopic (exact) mass is 506 g/mol. The molecule has 0 aromatic carbocycles. The van der Waals surface area contributed by atoms with Crippen LogP contribution in [0.5, 0.6) is 0 Å². The number of anilines is 1. The zero-order valence-corrected chi connectivity index (χ0v) is 22.0. The van der Waals surface area contributed by atoms with E-state index in [0.29, 0.717) is 6.04 Å². The molecule has 1 aliphatic carbocycles. The first kappa shape index (κ1) is 25.4. The van der Waals surface area contributed by atoms with Gasteiger partial charge in [-0.2, -0.15) is 0 Å². The van der Waals surface area contributed by atoms with E-state index >= 15 is 0 Å². The molecule has 3 saturated heterocycles. The van der Waals surface area contributed by atoms with E-state index in [9.17, 15) is 8.42 Å². The summed E-state index contributed by atoms with van der Waals surface area (Å²) in [4.78, 5) is 9.51. The van der Waals surface area contributed by atoms with Crippen LogP contribution in [-0.4, -0.2) is 82.5 Å². The molecule has 3 aliphatic heterocycles. The quantitative estimate of drug-likeness (QED) is 0.608. The van der Waals surface area contributed by atoms with E-state index in [1.807, 2.05) is 6.07 Å². The number of nitrogens with one attached hydrogen (secondary N) is 1. The van der Waals surface area contributed by atoms with Gasteiger partial charge < -0.3 is 19.3 Å². The summed E-state index contributed by atoms with van der Waals surface area (Å²) >= 11 is 0. The van der Waals surface area contributed by atoms with E-state index in [2.05, 4.69) is 26.6 Å². The normalized spacial score (nSPS) is 28.1. The number of aromatic nitrogens is 1. The van der Waals surface area contributed by atoms with Gasteiger partial charge in [0.2, 0.25) is 10.0 Å². The van der Waals surface area contributed by atoms with Gasteiger partial charge in [0, 0.05) is 57.7 Å². The minimum atomic E-state index is -3.56. The van der Waals surface area contributed by atoms with E-state index in [-0.39, 0.29) is 16.5 Å². The predicted octanol–water partition coefficient (Wildman–Crippen LogP) is 3.18. The molecule has 1 saturated carbocycles. The summed E-state index contributed by atoms with van der Waals surface area (Å²) in [6, 6.07) is 4.09. The lowest BCUT2D eigenvalue weighted by Crippen LogP contribution is -2.44. The lowest BCUT2D eigenvalue weighted by molar-refractivity contribution is -0.0147. The zero-order valence-electron chi connectivity index (χ0n) is 21.2. The minimum absolute atomic E-state index is 0.00268. The molecular weight excluding hydrogens is 464 g/mol. The molecule has 8 nitrogen and oxygen atoms in total. The van der Waals surface area contributed by atoms with Crippen LogP contribution in [0.15, 0.2) is 23.2 Å². The van der Waals surface area contributed by atoms with Crippen molar-refractivity contribution in [2.75, 3.05) is 51.4 Å². The van der Waals surface area contributed by atoms with Gasteiger partial charge in [-0.1, -0.05) is 0 Å². The topological polar surface area (TPSA) is 84.0 Å². The first-order valence-electron chi connectivity index (χ1n) is 13.6. The maximum Gasteiger partial charge on any atom is 0.242 e. The van der Waals surface area contributed by atoms with Crippen LogP contribution in [0.4, 0.5) is 5.82 Å². The van der Waals surface area contributed by atoms with Crippen molar-refractivity contribution in [2.45, 2.75) is 86.8 Å². The molecule has 4 heterocycles. The molecule has 4 fully saturated rings. The highest BCUT2D eigenvalue weighted by Crippen LogP contribution is 2.36. The number of hydrogen-bond acceptors (Lipinski definition) is 7. The third kappa shape index (κ3) is 6.18. The van der Waals surface area contributed by atoms with E-state index in [1.165, 1.54) is 6.20 Å². The Kier molecular flexibility index (Phi) is 7.99. The summed E-state index contributed by atoms with van der Waals surface area (Å²) in [6.45, 7) is 5.58. The van der Waals surface area contributed by atoms with Gasteiger partial charge in [-0.05, 0) is 89.3 Å². The van der Waals surface area contributed by atoms with Gasteiger partial charge in [-0.25, -0.2) is 18.1 Å². The minimum Gasteiger partial charge on any atom is -0.381 e. The summed E-state index contributed by atoms with van der Waals surface area (Å²) in [7, 11) is -1.34. The third-order valence-corrected chi connectivity index (χ3v) is 10.2. The molecule has 1 aromatic heterocycles. The van der Waals surface area contributed by atoms with Crippen LogP contribution in [0.3, 0.4) is 0 Å². The average molecular weight is 507 g/mol. The smallest absolute Gasteiger partial charge is 0.242 e. The van der Waals surface area contributed by atoms with Crippen LogP contribution in [0, 0.1) is 5.92 Å². The average Bonchev–Trinajstić information content (AvgIpc) is 3.33. The molecule has 0 amide bonds. The van der Waals surface area contributed by atoms with Crippen molar-refractivity contribution in [3.63, 3.8) is 0 Å². The van der Waals surface area contributed by atoms with Crippen LogP contribution in [0.25, 0.3) is 0 Å². The van der Waals surface area contributed by atoms with Gasteiger partial charge in [0.15, 0.2) is 0 Å². The Balaban J connectivity index is 1.09. The maximum absolute atomic E-state index is 13.0. The van der Waals surface area contributed by atoms with Crippen molar-refractivity contribution in [3.05, 3.63) is 18.3 Å². The lowest BCUT2D eigenvalue weighted by atomic mass is 9.89. The second-order valence-corrected chi connectivity index (χ2v) is 12.8. The molecule has 5 rings (SSSR count). The van der Waals surface area contributed by atoms with E-state index in [4.69, 9.17) is 9.47 Å². The van der Waals surface area contributed by atoms with Crippen LogP contribution in [0.1, 0.15) is 64.2 Å². The molecular formula is C26H42N4O4S. The van der Waals surface area contributed by atoms with E-state index in [0.717, 1.165) is 115 Å². The first-order chi connectivity index (χ1) is 16.9. The Bertz CT molecular complexity index is 911. The first-order valence-corrected chi connectivity index (χ1v) is 15.1.